The molecule has 5 heteroatoms. The zero-order valence-corrected chi connectivity index (χ0v) is 16.0. The molecule has 2 aromatic carbocycles. The van der Waals surface area contributed by atoms with Crippen LogP contribution in [0.5, 0.6) is 5.75 Å². The molecule has 0 unspecified atom stereocenters. The summed E-state index contributed by atoms with van der Waals surface area (Å²) < 4.78 is 5.69. The first-order chi connectivity index (χ1) is 13.0. The summed E-state index contributed by atoms with van der Waals surface area (Å²) in [6.45, 7) is 4.66. The highest BCUT2D eigenvalue weighted by atomic mass is 16.5. The number of carbonyl (C=O) groups excluding carboxylic acids is 1. The van der Waals surface area contributed by atoms with Gasteiger partial charge in [-0.2, -0.15) is 0 Å². The van der Waals surface area contributed by atoms with Crippen molar-refractivity contribution >= 4 is 17.6 Å². The number of unbranched alkanes of at least 4 members (excludes halogenated alkanes) is 4. The second-order valence-electron chi connectivity index (χ2n) is 6.60. The molecule has 0 aliphatic heterocycles. The maximum absolute atomic E-state index is 12.4. The van der Waals surface area contributed by atoms with Gasteiger partial charge in [-0.3, -0.25) is 4.79 Å². The molecular weight excluding hydrogens is 342 g/mol. The molecule has 0 bridgehead atoms. The number of nitrogens with one attached hydrogen (secondary N) is 1. The van der Waals surface area contributed by atoms with Gasteiger partial charge in [0, 0.05) is 5.56 Å². The molecule has 0 radical (unpaired) electrons. The molecule has 27 heavy (non-hydrogen) atoms. The Bertz CT molecular complexity index is 768. The number of benzene rings is 2. The lowest BCUT2D eigenvalue weighted by Crippen LogP contribution is -2.15. The third kappa shape index (κ3) is 6.44. The van der Waals surface area contributed by atoms with E-state index in [9.17, 15) is 14.7 Å². The van der Waals surface area contributed by atoms with Crippen LogP contribution in [0.3, 0.4) is 0 Å². The van der Waals surface area contributed by atoms with Gasteiger partial charge in [0.25, 0.3) is 5.91 Å². The van der Waals surface area contributed by atoms with Crippen LogP contribution in [0, 0.1) is 6.92 Å². The first kappa shape index (κ1) is 20.5. The number of hydrogen-bond acceptors (Lipinski definition) is 3. The number of ether oxygens (including phenoxy) is 1. The number of rotatable bonds is 10. The lowest BCUT2D eigenvalue weighted by molar-refractivity contribution is 0.0698. The van der Waals surface area contributed by atoms with E-state index in [-0.39, 0.29) is 17.2 Å². The number of anilines is 1. The van der Waals surface area contributed by atoms with E-state index in [1.165, 1.54) is 25.3 Å². The molecule has 0 fully saturated rings. The summed E-state index contributed by atoms with van der Waals surface area (Å²) in [4.78, 5) is 23.8. The predicted octanol–water partition coefficient (Wildman–Crippen LogP) is 5.29. The van der Waals surface area contributed by atoms with Crippen LogP contribution in [-0.4, -0.2) is 23.6 Å². The minimum absolute atomic E-state index is 0.0753. The van der Waals surface area contributed by atoms with Crippen LogP contribution in [0.4, 0.5) is 5.69 Å². The topological polar surface area (TPSA) is 75.6 Å². The van der Waals surface area contributed by atoms with Gasteiger partial charge < -0.3 is 15.2 Å². The van der Waals surface area contributed by atoms with Crippen LogP contribution in [0.2, 0.25) is 0 Å². The quantitative estimate of drug-likeness (QED) is 0.558. The minimum Gasteiger partial charge on any atom is -0.494 e. The average molecular weight is 369 g/mol. The van der Waals surface area contributed by atoms with Gasteiger partial charge in [0.15, 0.2) is 0 Å². The van der Waals surface area contributed by atoms with Crippen molar-refractivity contribution in [2.45, 2.75) is 46.0 Å². The van der Waals surface area contributed by atoms with Gasteiger partial charge in [0.2, 0.25) is 0 Å². The lowest BCUT2D eigenvalue weighted by atomic mass is 10.1. The Balaban J connectivity index is 1.91. The highest BCUT2D eigenvalue weighted by Gasteiger charge is 2.14. The zero-order chi connectivity index (χ0) is 19.6. The molecule has 0 aliphatic rings. The molecule has 0 saturated heterocycles. The van der Waals surface area contributed by atoms with Crippen LogP contribution >= 0.6 is 0 Å². The Kier molecular flexibility index (Phi) is 7.86. The predicted molar refractivity (Wildman–Crippen MR) is 107 cm³/mol. The maximum atomic E-state index is 12.4. The van der Waals surface area contributed by atoms with Crippen molar-refractivity contribution in [3.63, 3.8) is 0 Å². The van der Waals surface area contributed by atoms with Crippen LogP contribution in [0.25, 0.3) is 0 Å². The SMILES string of the molecule is CCCCCCCOc1ccc(C(=O)Nc2ccc(C)cc2C(=O)O)cc1. The molecule has 144 valence electrons. The fraction of sp³-hybridized carbons (Fsp3) is 0.364. The standard InChI is InChI=1S/C22H27NO4/c1-3-4-5-6-7-14-27-18-11-9-17(10-12-18)21(24)23-20-13-8-16(2)15-19(20)22(25)26/h8-13,15H,3-7,14H2,1-2H3,(H,23,24)(H,25,26). The van der Waals surface area contributed by atoms with Crippen molar-refractivity contribution in [3.8, 4) is 5.75 Å². The molecule has 2 N–H and O–H groups in total. The molecule has 0 saturated carbocycles. The summed E-state index contributed by atoms with van der Waals surface area (Å²) in [6, 6.07) is 11.8. The van der Waals surface area contributed by atoms with E-state index in [1.54, 1.807) is 43.3 Å². The fourth-order valence-electron chi connectivity index (χ4n) is 2.74. The number of hydrogen-bond donors (Lipinski definition) is 2. The smallest absolute Gasteiger partial charge is 0.337 e. The van der Waals surface area contributed by atoms with Crippen molar-refractivity contribution in [3.05, 3.63) is 59.2 Å². The van der Waals surface area contributed by atoms with E-state index in [1.807, 2.05) is 0 Å². The van der Waals surface area contributed by atoms with Crippen molar-refractivity contribution in [1.29, 1.82) is 0 Å². The largest absolute Gasteiger partial charge is 0.494 e. The van der Waals surface area contributed by atoms with Crippen molar-refractivity contribution < 1.29 is 19.4 Å². The monoisotopic (exact) mass is 369 g/mol. The van der Waals surface area contributed by atoms with Crippen molar-refractivity contribution in [2.75, 3.05) is 11.9 Å². The Morgan fingerprint density at radius 3 is 2.37 bits per heavy atom. The maximum Gasteiger partial charge on any atom is 0.337 e. The molecule has 2 rings (SSSR count). The zero-order valence-electron chi connectivity index (χ0n) is 16.0. The molecule has 0 heterocycles. The van der Waals surface area contributed by atoms with E-state index in [4.69, 9.17) is 4.74 Å². The fourth-order valence-corrected chi connectivity index (χ4v) is 2.74. The number of aromatic carboxylic acids is 1. The third-order valence-electron chi connectivity index (χ3n) is 4.29. The number of carboxylic acids is 1. The molecule has 5 nitrogen and oxygen atoms in total. The van der Waals surface area contributed by atoms with Crippen LogP contribution in [0.15, 0.2) is 42.5 Å². The third-order valence-corrected chi connectivity index (χ3v) is 4.29. The summed E-state index contributed by atoms with van der Waals surface area (Å²) in [5.41, 5.74) is 1.63. The second kappa shape index (κ2) is 10.4. The van der Waals surface area contributed by atoms with Gasteiger partial charge in [0.1, 0.15) is 5.75 Å². The summed E-state index contributed by atoms with van der Waals surface area (Å²) in [5, 5.41) is 12.0. The van der Waals surface area contributed by atoms with E-state index in [0.717, 1.165) is 24.2 Å². The van der Waals surface area contributed by atoms with Gasteiger partial charge in [0.05, 0.1) is 17.9 Å². The lowest BCUT2D eigenvalue weighted by Gasteiger charge is -2.10. The van der Waals surface area contributed by atoms with E-state index >= 15 is 0 Å². The van der Waals surface area contributed by atoms with E-state index in [2.05, 4.69) is 12.2 Å². The summed E-state index contributed by atoms with van der Waals surface area (Å²) in [7, 11) is 0. The van der Waals surface area contributed by atoms with Crippen LogP contribution in [-0.2, 0) is 0 Å². The first-order valence-corrected chi connectivity index (χ1v) is 9.39. The molecule has 2 aromatic rings. The molecule has 0 aliphatic carbocycles. The highest BCUT2D eigenvalue weighted by Crippen LogP contribution is 2.19. The number of carboxylic acid groups (broad SMARTS) is 1. The Morgan fingerprint density at radius 1 is 1.00 bits per heavy atom. The van der Waals surface area contributed by atoms with Gasteiger partial charge in [-0.25, -0.2) is 4.79 Å². The number of aryl methyl sites for hydroxylation is 1. The normalized spacial score (nSPS) is 10.4. The Morgan fingerprint density at radius 2 is 1.70 bits per heavy atom. The molecule has 0 spiro atoms. The first-order valence-electron chi connectivity index (χ1n) is 9.39. The van der Waals surface area contributed by atoms with Gasteiger partial charge in [-0.05, 0) is 49.7 Å². The van der Waals surface area contributed by atoms with E-state index < -0.39 is 5.97 Å². The van der Waals surface area contributed by atoms with Crippen LogP contribution < -0.4 is 10.1 Å². The van der Waals surface area contributed by atoms with Gasteiger partial charge >= 0.3 is 5.97 Å². The van der Waals surface area contributed by atoms with Crippen molar-refractivity contribution in [1.82, 2.24) is 0 Å². The van der Waals surface area contributed by atoms with Crippen molar-refractivity contribution in [2.24, 2.45) is 0 Å². The van der Waals surface area contributed by atoms with Gasteiger partial charge in [-0.1, -0.05) is 44.2 Å². The summed E-state index contributed by atoms with van der Waals surface area (Å²) in [5.74, 6) is -0.701. The minimum atomic E-state index is -1.07. The second-order valence-corrected chi connectivity index (χ2v) is 6.60. The summed E-state index contributed by atoms with van der Waals surface area (Å²) >= 11 is 0. The summed E-state index contributed by atoms with van der Waals surface area (Å²) in [6.07, 6.45) is 5.90. The molecular formula is C22H27NO4. The Hall–Kier alpha value is -2.82. The van der Waals surface area contributed by atoms with Gasteiger partial charge in [-0.15, -0.1) is 0 Å². The average Bonchev–Trinajstić information content (AvgIpc) is 2.66. The van der Waals surface area contributed by atoms with Crippen LogP contribution in [0.1, 0.15) is 65.3 Å². The molecule has 0 aromatic heterocycles. The Labute approximate surface area is 160 Å². The highest BCUT2D eigenvalue weighted by molar-refractivity contribution is 6.07. The number of carbonyl (C=O) groups is 2. The molecule has 1 amide bonds. The number of amides is 1. The van der Waals surface area contributed by atoms with E-state index in [0.29, 0.717) is 12.2 Å². The molecule has 0 atom stereocenters.